The van der Waals surface area contributed by atoms with Crippen LogP contribution in [0.15, 0.2) is 78.9 Å². The van der Waals surface area contributed by atoms with Crippen LogP contribution in [-0.4, -0.2) is 59.1 Å². The molecule has 42 heavy (non-hydrogen) atoms. The largest absolute Gasteiger partial charge is 0.459 e. The lowest BCUT2D eigenvalue weighted by Gasteiger charge is -2.35. The van der Waals surface area contributed by atoms with Gasteiger partial charge in [0.2, 0.25) is 5.91 Å². The molecule has 1 atom stereocenters. The first-order valence-corrected chi connectivity index (χ1v) is 14.8. The third kappa shape index (κ3) is 6.46. The lowest BCUT2D eigenvalue weighted by Crippen LogP contribution is -2.54. The van der Waals surface area contributed by atoms with E-state index in [1.807, 2.05) is 54.6 Å². The molecule has 220 valence electrons. The van der Waals surface area contributed by atoms with Gasteiger partial charge in [0.05, 0.1) is 5.54 Å². The average molecular weight is 589 g/mol. The number of carbonyl (C=O) groups excluding carboxylic acids is 3. The number of halogens is 1. The summed E-state index contributed by atoms with van der Waals surface area (Å²) in [5.74, 6) is -0.961. The molecule has 3 aromatic carbocycles. The highest BCUT2D eigenvalue weighted by molar-refractivity contribution is 6.31. The summed E-state index contributed by atoms with van der Waals surface area (Å²) >= 11 is 6.70. The highest BCUT2D eigenvalue weighted by Crippen LogP contribution is 2.48. The van der Waals surface area contributed by atoms with E-state index < -0.39 is 28.6 Å². The SMILES string of the molecule is CC(C)(C)OC(=O)C(Cl)C1(N(CCc2ccccc2)C(=O)CNC(=O)OCC2c3ccccc3-c3ccccc32)CC1. The fourth-order valence-corrected chi connectivity index (χ4v) is 6.12. The Kier molecular flexibility index (Phi) is 8.60. The van der Waals surface area contributed by atoms with Gasteiger partial charge in [-0.05, 0) is 67.9 Å². The van der Waals surface area contributed by atoms with Crippen LogP contribution in [0.4, 0.5) is 4.79 Å². The van der Waals surface area contributed by atoms with Crippen molar-refractivity contribution in [1.29, 1.82) is 0 Å². The van der Waals surface area contributed by atoms with Gasteiger partial charge in [-0.3, -0.25) is 9.59 Å². The van der Waals surface area contributed by atoms with Crippen LogP contribution in [0, 0.1) is 0 Å². The second-order valence-corrected chi connectivity index (χ2v) is 12.4. The lowest BCUT2D eigenvalue weighted by molar-refractivity contribution is -0.156. The molecular weight excluding hydrogens is 552 g/mol. The number of alkyl carbamates (subject to hydrolysis) is 1. The third-order valence-corrected chi connectivity index (χ3v) is 8.47. The second kappa shape index (κ2) is 12.2. The van der Waals surface area contributed by atoms with Crippen molar-refractivity contribution in [2.75, 3.05) is 19.7 Å². The van der Waals surface area contributed by atoms with E-state index in [1.54, 1.807) is 25.7 Å². The van der Waals surface area contributed by atoms with Crippen molar-refractivity contribution in [2.45, 2.75) is 62.5 Å². The van der Waals surface area contributed by atoms with Crippen molar-refractivity contribution < 1.29 is 23.9 Å². The zero-order valence-electron chi connectivity index (χ0n) is 24.3. The topological polar surface area (TPSA) is 84.9 Å². The Morgan fingerprint density at radius 3 is 2.07 bits per heavy atom. The standard InChI is InChI=1S/C34H37ClN2O5/c1-33(2,3)42-31(39)30(35)34(18-19-34)37(20-17-23-11-5-4-6-12-23)29(38)21-36-32(40)41-22-28-26-15-9-7-13-24(26)25-14-8-10-16-27(25)28/h4-16,28,30H,17-22H2,1-3H3,(H,36,40). The zero-order chi connectivity index (χ0) is 29.9. The summed E-state index contributed by atoms with van der Waals surface area (Å²) in [6.07, 6.45) is 1.06. The van der Waals surface area contributed by atoms with Crippen LogP contribution < -0.4 is 5.32 Å². The molecule has 2 amide bonds. The Balaban J connectivity index is 1.24. The van der Waals surface area contributed by atoms with Gasteiger partial charge in [-0.1, -0.05) is 78.9 Å². The van der Waals surface area contributed by atoms with E-state index in [0.717, 1.165) is 27.8 Å². The van der Waals surface area contributed by atoms with Crippen LogP contribution in [-0.2, 0) is 25.5 Å². The molecule has 1 fully saturated rings. The van der Waals surface area contributed by atoms with Crippen molar-refractivity contribution in [3.8, 4) is 11.1 Å². The number of amides is 2. The van der Waals surface area contributed by atoms with Crippen LogP contribution in [0.2, 0.25) is 0 Å². The van der Waals surface area contributed by atoms with Gasteiger partial charge in [0.1, 0.15) is 18.8 Å². The molecule has 0 radical (unpaired) electrons. The molecule has 0 bridgehead atoms. The Morgan fingerprint density at radius 1 is 0.929 bits per heavy atom. The van der Waals surface area contributed by atoms with E-state index in [2.05, 4.69) is 29.6 Å². The van der Waals surface area contributed by atoms with Gasteiger partial charge >= 0.3 is 12.1 Å². The molecule has 0 spiro atoms. The molecule has 2 aliphatic rings. The number of benzene rings is 3. The number of alkyl halides is 1. The van der Waals surface area contributed by atoms with Crippen molar-refractivity contribution >= 4 is 29.6 Å². The van der Waals surface area contributed by atoms with E-state index in [0.29, 0.717) is 25.8 Å². The normalized spacial score (nSPS) is 15.6. The van der Waals surface area contributed by atoms with Crippen molar-refractivity contribution in [3.05, 3.63) is 95.6 Å². The minimum Gasteiger partial charge on any atom is -0.459 e. The summed E-state index contributed by atoms with van der Waals surface area (Å²) in [5, 5.41) is 1.61. The van der Waals surface area contributed by atoms with E-state index in [1.165, 1.54) is 0 Å². The number of nitrogens with one attached hydrogen (secondary N) is 1. The number of esters is 1. The minimum atomic E-state index is -1.02. The Morgan fingerprint density at radius 2 is 1.50 bits per heavy atom. The van der Waals surface area contributed by atoms with E-state index in [-0.39, 0.29) is 25.0 Å². The fourth-order valence-electron chi connectivity index (χ4n) is 5.74. The Hall–Kier alpha value is -3.84. The quantitative estimate of drug-likeness (QED) is 0.229. The minimum absolute atomic E-state index is 0.0817. The molecule has 0 heterocycles. The van der Waals surface area contributed by atoms with Gasteiger partial charge in [0.25, 0.3) is 0 Å². The molecular formula is C34H37ClN2O5. The zero-order valence-corrected chi connectivity index (χ0v) is 25.0. The number of fused-ring (bicyclic) bond motifs is 3. The highest BCUT2D eigenvalue weighted by atomic mass is 35.5. The van der Waals surface area contributed by atoms with Gasteiger partial charge in [0, 0.05) is 12.5 Å². The average Bonchev–Trinajstić information content (AvgIpc) is 3.71. The number of hydrogen-bond acceptors (Lipinski definition) is 5. The number of carbonyl (C=O) groups is 3. The third-order valence-electron chi connectivity index (χ3n) is 7.88. The Labute approximate surface area is 252 Å². The van der Waals surface area contributed by atoms with Crippen LogP contribution in [0.1, 0.15) is 56.2 Å². The smallest absolute Gasteiger partial charge is 0.407 e. The molecule has 1 N–H and O–H groups in total. The maximum atomic E-state index is 13.6. The first kappa shape index (κ1) is 29.6. The van der Waals surface area contributed by atoms with Gasteiger partial charge in [-0.25, -0.2) is 4.79 Å². The molecule has 2 aliphatic carbocycles. The molecule has 1 unspecified atom stereocenters. The second-order valence-electron chi connectivity index (χ2n) is 12.0. The van der Waals surface area contributed by atoms with Crippen molar-refractivity contribution in [3.63, 3.8) is 0 Å². The summed E-state index contributed by atoms with van der Waals surface area (Å²) in [5.41, 5.74) is 3.99. The molecule has 1 saturated carbocycles. The molecule has 0 aromatic heterocycles. The van der Waals surface area contributed by atoms with Crippen LogP contribution in [0.25, 0.3) is 11.1 Å². The van der Waals surface area contributed by atoms with Gasteiger partial charge < -0.3 is 19.7 Å². The van der Waals surface area contributed by atoms with Gasteiger partial charge in [-0.2, -0.15) is 0 Å². The summed E-state index contributed by atoms with van der Waals surface area (Å²) in [6, 6.07) is 26.0. The summed E-state index contributed by atoms with van der Waals surface area (Å²) in [7, 11) is 0. The molecule has 7 nitrogen and oxygen atoms in total. The molecule has 0 aliphatic heterocycles. The van der Waals surface area contributed by atoms with E-state index in [9.17, 15) is 14.4 Å². The highest BCUT2D eigenvalue weighted by Gasteiger charge is 2.58. The summed E-state index contributed by atoms with van der Waals surface area (Å²) in [4.78, 5) is 41.0. The predicted octanol–water partition coefficient (Wildman–Crippen LogP) is 6.08. The van der Waals surface area contributed by atoms with Gasteiger partial charge in [0.15, 0.2) is 5.38 Å². The van der Waals surface area contributed by atoms with Gasteiger partial charge in [-0.15, -0.1) is 11.6 Å². The van der Waals surface area contributed by atoms with Crippen LogP contribution in [0.3, 0.4) is 0 Å². The number of rotatable bonds is 10. The molecule has 0 saturated heterocycles. The van der Waals surface area contributed by atoms with Crippen LogP contribution in [0.5, 0.6) is 0 Å². The van der Waals surface area contributed by atoms with E-state index >= 15 is 0 Å². The monoisotopic (exact) mass is 588 g/mol. The van der Waals surface area contributed by atoms with Crippen molar-refractivity contribution in [1.82, 2.24) is 10.2 Å². The fraction of sp³-hybridized carbons (Fsp3) is 0.382. The predicted molar refractivity (Wildman–Crippen MR) is 162 cm³/mol. The first-order chi connectivity index (χ1) is 20.1. The number of ether oxygens (including phenoxy) is 2. The molecule has 8 heteroatoms. The van der Waals surface area contributed by atoms with E-state index in [4.69, 9.17) is 21.1 Å². The maximum Gasteiger partial charge on any atom is 0.407 e. The molecule has 3 aromatic rings. The maximum absolute atomic E-state index is 13.6. The summed E-state index contributed by atoms with van der Waals surface area (Å²) < 4.78 is 11.2. The number of hydrogen-bond donors (Lipinski definition) is 1. The summed E-state index contributed by atoms with van der Waals surface area (Å²) in [6.45, 7) is 5.57. The Bertz CT molecular complexity index is 1400. The van der Waals surface area contributed by atoms with Crippen LogP contribution >= 0.6 is 11.6 Å². The first-order valence-electron chi connectivity index (χ1n) is 14.4. The van der Waals surface area contributed by atoms with Crippen molar-refractivity contribution in [2.24, 2.45) is 0 Å². The number of nitrogens with zero attached hydrogens (tertiary/aromatic N) is 1. The lowest BCUT2D eigenvalue weighted by atomic mass is 9.98. The molecule has 5 rings (SSSR count).